The fourth-order valence-corrected chi connectivity index (χ4v) is 1.26. The van der Waals surface area contributed by atoms with E-state index in [4.69, 9.17) is 5.21 Å². The van der Waals surface area contributed by atoms with Crippen LogP contribution in [0.25, 0.3) is 0 Å². The summed E-state index contributed by atoms with van der Waals surface area (Å²) in [5.41, 5.74) is 3.03. The van der Waals surface area contributed by atoms with E-state index >= 15 is 0 Å². The molecule has 0 bridgehead atoms. The van der Waals surface area contributed by atoms with Crippen molar-refractivity contribution in [2.45, 2.75) is 6.36 Å². The van der Waals surface area contributed by atoms with E-state index in [9.17, 15) is 13.2 Å². The summed E-state index contributed by atoms with van der Waals surface area (Å²) in [7, 11) is 0. The highest BCUT2D eigenvalue weighted by Gasteiger charge is 2.31. The first-order valence-electron chi connectivity index (χ1n) is 4.52. The maximum Gasteiger partial charge on any atom is 0.573 e. The summed E-state index contributed by atoms with van der Waals surface area (Å²) in [6.45, 7) is 0. The van der Waals surface area contributed by atoms with Gasteiger partial charge in [0.15, 0.2) is 0 Å². The zero-order chi connectivity index (χ0) is 12.5. The molecule has 1 heterocycles. The lowest BCUT2D eigenvalue weighted by atomic mass is 10.3. The molecule has 17 heavy (non-hydrogen) atoms. The molecule has 0 radical (unpaired) electrons. The highest BCUT2D eigenvalue weighted by atomic mass is 19.4. The number of alkyl halides is 3. The number of benzene rings is 1. The largest absolute Gasteiger partial charge is 0.573 e. The van der Waals surface area contributed by atoms with Crippen LogP contribution in [0, 0.1) is 0 Å². The molecule has 1 aliphatic rings. The van der Waals surface area contributed by atoms with Crippen molar-refractivity contribution in [3.63, 3.8) is 0 Å². The SMILES string of the molecule is ON1C=CN(c2ccc(OC(F)(F)F)cc2)N1. The van der Waals surface area contributed by atoms with Crippen molar-refractivity contribution < 1.29 is 23.1 Å². The number of hydrogen-bond acceptors (Lipinski definition) is 5. The molecule has 0 atom stereocenters. The average Bonchev–Trinajstić information content (AvgIpc) is 2.63. The van der Waals surface area contributed by atoms with Gasteiger partial charge in [-0.25, -0.2) is 0 Å². The zero-order valence-electron chi connectivity index (χ0n) is 8.35. The van der Waals surface area contributed by atoms with E-state index in [0.717, 1.165) is 0 Å². The molecular formula is C9H8F3N3O2. The third-order valence-electron chi connectivity index (χ3n) is 1.92. The summed E-state index contributed by atoms with van der Waals surface area (Å²) in [5, 5.41) is 11.1. The normalized spacial score (nSPS) is 15.5. The van der Waals surface area contributed by atoms with Crippen molar-refractivity contribution in [3.05, 3.63) is 36.7 Å². The van der Waals surface area contributed by atoms with Gasteiger partial charge < -0.3 is 4.74 Å². The van der Waals surface area contributed by atoms with E-state index in [2.05, 4.69) is 10.3 Å². The van der Waals surface area contributed by atoms with Crippen molar-refractivity contribution in [3.8, 4) is 5.75 Å². The molecule has 0 spiro atoms. The molecule has 0 aliphatic carbocycles. The highest BCUT2D eigenvalue weighted by Crippen LogP contribution is 2.25. The maximum absolute atomic E-state index is 11.9. The second-order valence-corrected chi connectivity index (χ2v) is 3.15. The molecular weight excluding hydrogens is 239 g/mol. The van der Waals surface area contributed by atoms with Crippen molar-refractivity contribution >= 4 is 5.69 Å². The Hall–Kier alpha value is -1.93. The number of rotatable bonds is 2. The van der Waals surface area contributed by atoms with Gasteiger partial charge in [0, 0.05) is 6.20 Å². The van der Waals surface area contributed by atoms with Crippen LogP contribution in [0.2, 0.25) is 0 Å². The van der Waals surface area contributed by atoms with E-state index < -0.39 is 6.36 Å². The average molecular weight is 247 g/mol. The van der Waals surface area contributed by atoms with Crippen LogP contribution >= 0.6 is 0 Å². The lowest BCUT2D eigenvalue weighted by Gasteiger charge is -2.18. The first kappa shape index (κ1) is 11.6. The second kappa shape index (κ2) is 4.15. The quantitative estimate of drug-likeness (QED) is 0.836. The summed E-state index contributed by atoms with van der Waals surface area (Å²) >= 11 is 0. The Kier molecular flexibility index (Phi) is 2.82. The molecule has 2 rings (SSSR count). The van der Waals surface area contributed by atoms with Crippen LogP contribution in [0.3, 0.4) is 0 Å². The fraction of sp³-hybridized carbons (Fsp3) is 0.111. The number of nitrogens with zero attached hydrogens (tertiary/aromatic N) is 2. The summed E-state index contributed by atoms with van der Waals surface area (Å²) in [6, 6.07) is 5.19. The number of nitrogens with one attached hydrogen (secondary N) is 1. The number of hydrazine groups is 2. The summed E-state index contributed by atoms with van der Waals surface area (Å²) in [4.78, 5) is 0. The molecule has 0 aromatic heterocycles. The fourth-order valence-electron chi connectivity index (χ4n) is 1.26. The molecule has 8 heteroatoms. The van der Waals surface area contributed by atoms with Gasteiger partial charge in [-0.15, -0.1) is 18.7 Å². The van der Waals surface area contributed by atoms with Crippen LogP contribution in [0.15, 0.2) is 36.7 Å². The van der Waals surface area contributed by atoms with Gasteiger partial charge in [0.1, 0.15) is 5.75 Å². The van der Waals surface area contributed by atoms with Crippen molar-refractivity contribution in [1.82, 2.24) is 10.7 Å². The Labute approximate surface area is 94.2 Å². The van der Waals surface area contributed by atoms with Crippen molar-refractivity contribution in [2.75, 3.05) is 5.01 Å². The molecule has 0 amide bonds. The van der Waals surface area contributed by atoms with E-state index in [0.29, 0.717) is 10.9 Å². The molecule has 5 nitrogen and oxygen atoms in total. The molecule has 0 fully saturated rings. The van der Waals surface area contributed by atoms with Gasteiger partial charge in [0.05, 0.1) is 11.9 Å². The van der Waals surface area contributed by atoms with Gasteiger partial charge in [0.25, 0.3) is 0 Å². The van der Waals surface area contributed by atoms with Crippen LogP contribution in [0.1, 0.15) is 0 Å². The molecule has 92 valence electrons. The monoisotopic (exact) mass is 247 g/mol. The number of anilines is 1. The van der Waals surface area contributed by atoms with E-state index in [1.807, 2.05) is 0 Å². The van der Waals surface area contributed by atoms with Crippen LogP contribution in [0.5, 0.6) is 5.75 Å². The van der Waals surface area contributed by atoms with E-state index in [-0.39, 0.29) is 5.75 Å². The zero-order valence-corrected chi connectivity index (χ0v) is 8.35. The third-order valence-corrected chi connectivity index (χ3v) is 1.92. The Morgan fingerprint density at radius 3 is 2.24 bits per heavy atom. The lowest BCUT2D eigenvalue weighted by molar-refractivity contribution is -0.274. The van der Waals surface area contributed by atoms with Gasteiger partial charge in [0.2, 0.25) is 0 Å². The van der Waals surface area contributed by atoms with Gasteiger partial charge in [-0.3, -0.25) is 10.2 Å². The first-order chi connectivity index (χ1) is 7.94. The molecule has 2 N–H and O–H groups in total. The maximum atomic E-state index is 11.9. The minimum atomic E-state index is -4.70. The van der Waals surface area contributed by atoms with Gasteiger partial charge in [-0.1, -0.05) is 0 Å². The summed E-state index contributed by atoms with van der Waals surface area (Å²) < 4.78 is 39.4. The summed E-state index contributed by atoms with van der Waals surface area (Å²) in [6.07, 6.45) is -1.87. The number of hydroxylamine groups is 1. The number of hydrogen-bond donors (Lipinski definition) is 2. The molecule has 0 saturated heterocycles. The van der Waals surface area contributed by atoms with Gasteiger partial charge in [-0.05, 0) is 24.3 Å². The van der Waals surface area contributed by atoms with E-state index in [1.54, 1.807) is 0 Å². The van der Waals surface area contributed by atoms with Crippen LogP contribution in [0.4, 0.5) is 18.9 Å². The van der Waals surface area contributed by atoms with E-state index in [1.165, 1.54) is 41.7 Å². The Morgan fingerprint density at radius 2 is 1.76 bits per heavy atom. The first-order valence-corrected chi connectivity index (χ1v) is 4.52. The molecule has 1 aliphatic heterocycles. The van der Waals surface area contributed by atoms with Crippen LogP contribution < -0.4 is 15.3 Å². The minimum absolute atomic E-state index is 0.301. The van der Waals surface area contributed by atoms with Crippen LogP contribution in [-0.2, 0) is 0 Å². The Bertz CT molecular complexity index is 418. The summed E-state index contributed by atoms with van der Waals surface area (Å²) in [5.74, 6) is -0.301. The van der Waals surface area contributed by atoms with Crippen molar-refractivity contribution in [1.29, 1.82) is 0 Å². The molecule has 0 saturated carbocycles. The molecule has 1 aromatic carbocycles. The predicted octanol–water partition coefficient (Wildman–Crippen LogP) is 1.99. The Balaban J connectivity index is 2.06. The van der Waals surface area contributed by atoms with Gasteiger partial charge in [-0.2, -0.15) is 5.17 Å². The molecule has 1 aromatic rings. The smallest absolute Gasteiger partial charge is 0.406 e. The van der Waals surface area contributed by atoms with Crippen LogP contribution in [-0.4, -0.2) is 16.7 Å². The highest BCUT2D eigenvalue weighted by molar-refractivity contribution is 5.50. The lowest BCUT2D eigenvalue weighted by Crippen LogP contribution is -2.37. The third kappa shape index (κ3) is 3.02. The van der Waals surface area contributed by atoms with Gasteiger partial charge >= 0.3 is 6.36 Å². The molecule has 0 unspecified atom stereocenters. The minimum Gasteiger partial charge on any atom is -0.406 e. The predicted molar refractivity (Wildman–Crippen MR) is 51.5 cm³/mol. The second-order valence-electron chi connectivity index (χ2n) is 3.15. The number of ether oxygens (including phenoxy) is 1. The van der Waals surface area contributed by atoms with Crippen molar-refractivity contribution in [2.24, 2.45) is 0 Å². The standard InChI is InChI=1S/C9H8F3N3O2/c10-9(11,12)17-8-3-1-7(2-4-8)14-5-6-15(16)13-14/h1-6,13,16H. The Morgan fingerprint density at radius 1 is 1.12 bits per heavy atom. The topological polar surface area (TPSA) is 48.0 Å². The number of halogens is 3.